The molecule has 4 heteroatoms. The van der Waals surface area contributed by atoms with Gasteiger partial charge in [-0.15, -0.1) is 0 Å². The van der Waals surface area contributed by atoms with Crippen LogP contribution in [0.3, 0.4) is 0 Å². The van der Waals surface area contributed by atoms with E-state index in [1.165, 1.54) is 0 Å². The van der Waals surface area contributed by atoms with Crippen LogP contribution < -0.4 is 5.32 Å². The van der Waals surface area contributed by atoms with E-state index in [0.717, 1.165) is 6.42 Å². The van der Waals surface area contributed by atoms with Gasteiger partial charge in [0.2, 0.25) is 0 Å². The molecule has 0 rings (SSSR count). The van der Waals surface area contributed by atoms with Gasteiger partial charge >= 0.3 is 5.97 Å². The Balaban J connectivity index is 3.34. The molecular weight excluding hydrogens is 194 g/mol. The van der Waals surface area contributed by atoms with Crippen LogP contribution in [0.2, 0.25) is 0 Å². The SMILES string of the molecule is CCC(C)NCC(=O)OCCOC(C)C. The fourth-order valence-electron chi connectivity index (χ4n) is 0.892. The van der Waals surface area contributed by atoms with Crippen molar-refractivity contribution in [2.75, 3.05) is 19.8 Å². The summed E-state index contributed by atoms with van der Waals surface area (Å²) in [5.41, 5.74) is 0. The van der Waals surface area contributed by atoms with Crippen molar-refractivity contribution in [2.45, 2.75) is 46.3 Å². The average Bonchev–Trinajstić information content (AvgIpc) is 2.20. The first kappa shape index (κ1) is 14.4. The molecule has 0 bridgehead atoms. The lowest BCUT2D eigenvalue weighted by Crippen LogP contribution is -2.32. The second-order valence-corrected chi connectivity index (χ2v) is 3.83. The highest BCUT2D eigenvalue weighted by molar-refractivity contribution is 5.71. The Hall–Kier alpha value is -0.610. The predicted octanol–water partition coefficient (Wildman–Crippen LogP) is 1.34. The maximum absolute atomic E-state index is 11.2. The summed E-state index contributed by atoms with van der Waals surface area (Å²) < 4.78 is 10.2. The van der Waals surface area contributed by atoms with E-state index in [9.17, 15) is 4.79 Å². The summed E-state index contributed by atoms with van der Waals surface area (Å²) in [4.78, 5) is 11.2. The fourth-order valence-corrected chi connectivity index (χ4v) is 0.892. The maximum atomic E-state index is 11.2. The number of nitrogens with one attached hydrogen (secondary N) is 1. The minimum atomic E-state index is -0.220. The lowest BCUT2D eigenvalue weighted by molar-refractivity contribution is -0.144. The highest BCUT2D eigenvalue weighted by Crippen LogP contribution is 1.89. The molecule has 1 N–H and O–H groups in total. The molecule has 4 nitrogen and oxygen atoms in total. The Labute approximate surface area is 92.3 Å². The quantitative estimate of drug-likeness (QED) is 0.492. The second kappa shape index (κ2) is 8.68. The molecule has 0 saturated heterocycles. The van der Waals surface area contributed by atoms with Crippen molar-refractivity contribution >= 4 is 5.97 Å². The second-order valence-electron chi connectivity index (χ2n) is 3.83. The maximum Gasteiger partial charge on any atom is 0.320 e. The molecule has 0 amide bonds. The molecule has 15 heavy (non-hydrogen) atoms. The normalized spacial score (nSPS) is 12.9. The summed E-state index contributed by atoms with van der Waals surface area (Å²) in [6.45, 7) is 9.08. The highest BCUT2D eigenvalue weighted by Gasteiger charge is 2.04. The Morgan fingerprint density at radius 2 is 1.93 bits per heavy atom. The third-order valence-electron chi connectivity index (χ3n) is 2.00. The van der Waals surface area contributed by atoms with Gasteiger partial charge in [0.1, 0.15) is 6.61 Å². The standard InChI is InChI=1S/C11H23NO3/c1-5-10(4)12-8-11(13)15-7-6-14-9(2)3/h9-10,12H,5-8H2,1-4H3. The van der Waals surface area contributed by atoms with Gasteiger partial charge in [-0.2, -0.15) is 0 Å². The molecule has 1 unspecified atom stereocenters. The monoisotopic (exact) mass is 217 g/mol. The Kier molecular flexibility index (Phi) is 8.33. The van der Waals surface area contributed by atoms with E-state index in [1.54, 1.807) is 0 Å². The summed E-state index contributed by atoms with van der Waals surface area (Å²) in [5.74, 6) is -0.220. The van der Waals surface area contributed by atoms with E-state index < -0.39 is 0 Å². The van der Waals surface area contributed by atoms with Crippen molar-refractivity contribution in [1.82, 2.24) is 5.32 Å². The minimum absolute atomic E-state index is 0.182. The molecule has 0 aliphatic carbocycles. The number of rotatable bonds is 8. The molecule has 0 fully saturated rings. The number of hydrogen-bond donors (Lipinski definition) is 1. The van der Waals surface area contributed by atoms with Crippen LogP contribution in [-0.2, 0) is 14.3 Å². The van der Waals surface area contributed by atoms with Crippen molar-refractivity contribution in [1.29, 1.82) is 0 Å². The topological polar surface area (TPSA) is 47.6 Å². The van der Waals surface area contributed by atoms with Gasteiger partial charge < -0.3 is 14.8 Å². The molecule has 0 saturated carbocycles. The summed E-state index contributed by atoms with van der Waals surface area (Å²) in [7, 11) is 0. The number of esters is 1. The third kappa shape index (κ3) is 9.69. The van der Waals surface area contributed by atoms with Crippen molar-refractivity contribution in [3.63, 3.8) is 0 Å². The van der Waals surface area contributed by atoms with Crippen LogP contribution in [0.5, 0.6) is 0 Å². The van der Waals surface area contributed by atoms with E-state index >= 15 is 0 Å². The smallest absolute Gasteiger partial charge is 0.320 e. The summed E-state index contributed by atoms with van der Waals surface area (Å²) in [6, 6.07) is 0.351. The number of ether oxygens (including phenoxy) is 2. The van der Waals surface area contributed by atoms with Gasteiger partial charge in [0.05, 0.1) is 19.3 Å². The molecule has 0 aromatic heterocycles. The van der Waals surface area contributed by atoms with Crippen LogP contribution in [0.25, 0.3) is 0 Å². The third-order valence-corrected chi connectivity index (χ3v) is 2.00. The zero-order chi connectivity index (χ0) is 11.7. The zero-order valence-electron chi connectivity index (χ0n) is 10.2. The Morgan fingerprint density at radius 3 is 2.47 bits per heavy atom. The van der Waals surface area contributed by atoms with Gasteiger partial charge in [-0.3, -0.25) is 4.79 Å². The zero-order valence-corrected chi connectivity index (χ0v) is 10.2. The van der Waals surface area contributed by atoms with Gasteiger partial charge in [-0.1, -0.05) is 6.92 Å². The van der Waals surface area contributed by atoms with E-state index in [-0.39, 0.29) is 18.6 Å². The lowest BCUT2D eigenvalue weighted by Gasteiger charge is -2.11. The first-order valence-electron chi connectivity index (χ1n) is 5.56. The van der Waals surface area contributed by atoms with Crippen LogP contribution in [-0.4, -0.2) is 37.9 Å². The van der Waals surface area contributed by atoms with Gasteiger partial charge in [-0.05, 0) is 27.2 Å². The van der Waals surface area contributed by atoms with Crippen LogP contribution in [0.1, 0.15) is 34.1 Å². The molecule has 90 valence electrons. The Morgan fingerprint density at radius 1 is 1.27 bits per heavy atom. The Bertz CT molecular complexity index is 171. The first-order chi connectivity index (χ1) is 7.06. The van der Waals surface area contributed by atoms with Crippen molar-refractivity contribution in [2.24, 2.45) is 0 Å². The fraction of sp³-hybridized carbons (Fsp3) is 0.909. The summed E-state index contributed by atoms with van der Waals surface area (Å²) in [5, 5.41) is 3.07. The van der Waals surface area contributed by atoms with E-state index in [2.05, 4.69) is 12.2 Å². The highest BCUT2D eigenvalue weighted by atomic mass is 16.6. The largest absolute Gasteiger partial charge is 0.462 e. The predicted molar refractivity (Wildman–Crippen MR) is 59.8 cm³/mol. The number of hydrogen-bond acceptors (Lipinski definition) is 4. The first-order valence-corrected chi connectivity index (χ1v) is 5.56. The molecule has 0 spiro atoms. The molecule has 0 radical (unpaired) electrons. The van der Waals surface area contributed by atoms with Crippen LogP contribution in [0.4, 0.5) is 0 Å². The molecule has 1 atom stereocenters. The molecule has 0 heterocycles. The van der Waals surface area contributed by atoms with Gasteiger partial charge in [0, 0.05) is 6.04 Å². The van der Waals surface area contributed by atoms with E-state index in [1.807, 2.05) is 20.8 Å². The molecule has 0 aromatic rings. The summed E-state index contributed by atoms with van der Waals surface area (Å²) >= 11 is 0. The molecule has 0 aliphatic rings. The van der Waals surface area contributed by atoms with Crippen molar-refractivity contribution in [3.8, 4) is 0 Å². The van der Waals surface area contributed by atoms with Gasteiger partial charge in [-0.25, -0.2) is 0 Å². The van der Waals surface area contributed by atoms with Crippen molar-refractivity contribution < 1.29 is 14.3 Å². The van der Waals surface area contributed by atoms with E-state index in [4.69, 9.17) is 9.47 Å². The van der Waals surface area contributed by atoms with E-state index in [0.29, 0.717) is 19.3 Å². The van der Waals surface area contributed by atoms with Crippen molar-refractivity contribution in [3.05, 3.63) is 0 Å². The molecular formula is C11H23NO3. The van der Waals surface area contributed by atoms with Crippen LogP contribution in [0, 0.1) is 0 Å². The van der Waals surface area contributed by atoms with Crippen LogP contribution >= 0.6 is 0 Å². The number of carbonyl (C=O) groups excluding carboxylic acids is 1. The minimum Gasteiger partial charge on any atom is -0.462 e. The van der Waals surface area contributed by atoms with Gasteiger partial charge in [0.25, 0.3) is 0 Å². The average molecular weight is 217 g/mol. The molecule has 0 aromatic carbocycles. The lowest BCUT2D eigenvalue weighted by atomic mass is 10.3. The number of carbonyl (C=O) groups is 1. The van der Waals surface area contributed by atoms with Crippen LogP contribution in [0.15, 0.2) is 0 Å². The summed E-state index contributed by atoms with van der Waals surface area (Å²) in [6.07, 6.45) is 1.19. The molecule has 0 aliphatic heterocycles. The van der Waals surface area contributed by atoms with Gasteiger partial charge in [0.15, 0.2) is 0 Å².